The van der Waals surface area contributed by atoms with Crippen molar-refractivity contribution in [3.8, 4) is 0 Å². The number of nitrogens with zero attached hydrogens (tertiary/aromatic N) is 1. The normalized spacial score (nSPS) is 21.1. The van der Waals surface area contributed by atoms with Gasteiger partial charge in [-0.2, -0.15) is 0 Å². The molecule has 2 aliphatic rings. The second kappa shape index (κ2) is 6.82. The monoisotopic (exact) mass is 306 g/mol. The van der Waals surface area contributed by atoms with Gasteiger partial charge in [0, 0.05) is 18.8 Å². The summed E-state index contributed by atoms with van der Waals surface area (Å²) in [6.45, 7) is 1.72. The van der Waals surface area contributed by atoms with Crippen LogP contribution in [0.25, 0.3) is 0 Å². The molecular formula is C17H23FN2S. The largest absolute Gasteiger partial charge is 0.365 e. The fourth-order valence-corrected chi connectivity index (χ4v) is 4.45. The highest BCUT2D eigenvalue weighted by Gasteiger charge is 2.34. The molecule has 1 fully saturated rings. The fourth-order valence-electron chi connectivity index (χ4n) is 3.27. The van der Waals surface area contributed by atoms with E-state index in [0.29, 0.717) is 11.8 Å². The van der Waals surface area contributed by atoms with Crippen LogP contribution in [0.1, 0.15) is 37.7 Å². The molecule has 3 rings (SSSR count). The molecule has 114 valence electrons. The molecule has 1 spiro atoms. The van der Waals surface area contributed by atoms with Crippen LogP contribution in [0.2, 0.25) is 0 Å². The van der Waals surface area contributed by atoms with Crippen molar-refractivity contribution >= 4 is 16.9 Å². The van der Waals surface area contributed by atoms with Gasteiger partial charge in [0.05, 0.1) is 0 Å². The first kappa shape index (κ1) is 14.9. The summed E-state index contributed by atoms with van der Waals surface area (Å²) >= 11 is 1.85. The lowest BCUT2D eigenvalue weighted by Gasteiger charge is -2.38. The van der Waals surface area contributed by atoms with Crippen molar-refractivity contribution in [1.29, 1.82) is 0 Å². The number of rotatable bonds is 3. The number of aliphatic imine (C=N–C) groups is 1. The molecule has 0 radical (unpaired) electrons. The lowest BCUT2D eigenvalue weighted by Crippen LogP contribution is -2.37. The quantitative estimate of drug-likeness (QED) is 0.912. The molecule has 0 bridgehead atoms. The van der Waals surface area contributed by atoms with E-state index in [-0.39, 0.29) is 5.82 Å². The third-order valence-corrected chi connectivity index (χ3v) is 5.92. The first-order chi connectivity index (χ1) is 10.3. The summed E-state index contributed by atoms with van der Waals surface area (Å²) in [4.78, 5) is 4.73. The molecule has 0 aromatic heterocycles. The molecule has 1 aromatic carbocycles. The van der Waals surface area contributed by atoms with Crippen molar-refractivity contribution in [2.45, 2.75) is 38.5 Å². The Kier molecular flexibility index (Phi) is 4.84. The summed E-state index contributed by atoms with van der Waals surface area (Å²) in [5.41, 5.74) is 1.25. The molecule has 0 unspecified atom stereocenters. The molecular weight excluding hydrogens is 283 g/mol. The summed E-state index contributed by atoms with van der Waals surface area (Å²) < 4.78 is 13.5. The third kappa shape index (κ3) is 3.79. The fraction of sp³-hybridized carbons (Fsp3) is 0.588. The van der Waals surface area contributed by atoms with E-state index >= 15 is 0 Å². The highest BCUT2D eigenvalue weighted by molar-refractivity contribution is 8.13. The minimum Gasteiger partial charge on any atom is -0.365 e. The molecule has 1 saturated carbocycles. The van der Waals surface area contributed by atoms with Crippen LogP contribution >= 0.6 is 11.8 Å². The van der Waals surface area contributed by atoms with Crippen LogP contribution in [0.4, 0.5) is 4.39 Å². The van der Waals surface area contributed by atoms with Crippen molar-refractivity contribution in [2.75, 3.05) is 18.8 Å². The molecule has 0 saturated heterocycles. The molecule has 1 aromatic rings. The van der Waals surface area contributed by atoms with Crippen LogP contribution in [-0.4, -0.2) is 24.0 Å². The van der Waals surface area contributed by atoms with Crippen molar-refractivity contribution in [1.82, 2.24) is 5.32 Å². The van der Waals surface area contributed by atoms with Gasteiger partial charge >= 0.3 is 0 Å². The average molecular weight is 306 g/mol. The standard InChI is InChI=1S/C17H23FN2S/c18-15-7-3-2-6-14(15)8-11-19-16-20-12-17(13-21-16)9-4-1-5-10-17/h2-3,6-7H,1,4-5,8-13H2,(H,19,20). The van der Waals surface area contributed by atoms with E-state index in [1.807, 2.05) is 23.9 Å². The van der Waals surface area contributed by atoms with Gasteiger partial charge in [-0.05, 0) is 36.3 Å². The van der Waals surface area contributed by atoms with E-state index in [1.54, 1.807) is 6.07 Å². The van der Waals surface area contributed by atoms with Gasteiger partial charge in [0.25, 0.3) is 0 Å². The molecule has 1 aliphatic heterocycles. The summed E-state index contributed by atoms with van der Waals surface area (Å²) in [5.74, 6) is 1.08. The maximum absolute atomic E-state index is 13.5. The van der Waals surface area contributed by atoms with Gasteiger partial charge < -0.3 is 5.32 Å². The zero-order chi connectivity index (χ0) is 14.5. The number of hydrogen-bond donors (Lipinski definition) is 1. The van der Waals surface area contributed by atoms with E-state index in [0.717, 1.165) is 23.8 Å². The summed E-state index contributed by atoms with van der Waals surface area (Å²) in [6, 6.07) is 6.99. The maximum atomic E-state index is 13.5. The van der Waals surface area contributed by atoms with Gasteiger partial charge in [-0.1, -0.05) is 49.2 Å². The van der Waals surface area contributed by atoms with Gasteiger partial charge in [0.15, 0.2) is 5.17 Å². The van der Waals surface area contributed by atoms with Gasteiger partial charge in [-0.25, -0.2) is 4.39 Å². The first-order valence-corrected chi connectivity index (χ1v) is 8.91. The average Bonchev–Trinajstić information content (AvgIpc) is 2.52. The molecule has 2 nitrogen and oxygen atoms in total. The molecule has 4 heteroatoms. The highest BCUT2D eigenvalue weighted by Crippen LogP contribution is 2.41. The third-order valence-electron chi connectivity index (χ3n) is 4.62. The second-order valence-electron chi connectivity index (χ2n) is 6.24. The summed E-state index contributed by atoms with van der Waals surface area (Å²) in [6.07, 6.45) is 7.51. The van der Waals surface area contributed by atoms with Crippen molar-refractivity contribution in [2.24, 2.45) is 10.4 Å². The topological polar surface area (TPSA) is 24.4 Å². The lowest BCUT2D eigenvalue weighted by atomic mass is 9.75. The van der Waals surface area contributed by atoms with Crippen molar-refractivity contribution < 1.29 is 4.39 Å². The predicted octanol–water partition coefficient (Wildman–Crippen LogP) is 4.01. The number of amidine groups is 1. The molecule has 1 N–H and O–H groups in total. The Balaban J connectivity index is 1.47. The molecule has 0 atom stereocenters. The Morgan fingerprint density at radius 1 is 1.19 bits per heavy atom. The van der Waals surface area contributed by atoms with Crippen molar-refractivity contribution in [3.05, 3.63) is 35.6 Å². The molecule has 21 heavy (non-hydrogen) atoms. The molecule has 1 heterocycles. The van der Waals surface area contributed by atoms with Crippen molar-refractivity contribution in [3.63, 3.8) is 0 Å². The zero-order valence-corrected chi connectivity index (χ0v) is 13.2. The molecule has 1 aliphatic carbocycles. The SMILES string of the molecule is Fc1ccccc1CCNC1=NCC2(CCCCC2)CS1. The van der Waals surface area contributed by atoms with Gasteiger partial charge in [0.2, 0.25) is 0 Å². The van der Waals surface area contributed by atoms with Crippen LogP contribution in [-0.2, 0) is 6.42 Å². The predicted molar refractivity (Wildman–Crippen MR) is 88.4 cm³/mol. The molecule has 0 amide bonds. The highest BCUT2D eigenvalue weighted by atomic mass is 32.2. The number of nitrogens with one attached hydrogen (secondary N) is 1. The van der Waals surface area contributed by atoms with Crippen LogP contribution in [0, 0.1) is 11.2 Å². The minimum atomic E-state index is -0.112. The minimum absolute atomic E-state index is 0.112. The van der Waals surface area contributed by atoms with Gasteiger partial charge in [-0.3, -0.25) is 4.99 Å². The Bertz CT molecular complexity index is 509. The summed E-state index contributed by atoms with van der Waals surface area (Å²) in [7, 11) is 0. The first-order valence-electron chi connectivity index (χ1n) is 7.92. The van der Waals surface area contributed by atoms with E-state index in [1.165, 1.54) is 43.9 Å². The maximum Gasteiger partial charge on any atom is 0.156 e. The Morgan fingerprint density at radius 2 is 2.00 bits per heavy atom. The van der Waals surface area contributed by atoms with E-state index in [4.69, 9.17) is 4.99 Å². The van der Waals surface area contributed by atoms with E-state index in [2.05, 4.69) is 5.32 Å². The lowest BCUT2D eigenvalue weighted by molar-refractivity contribution is 0.232. The summed E-state index contributed by atoms with van der Waals surface area (Å²) in [5, 5.41) is 4.41. The number of thioether (sulfide) groups is 1. The van der Waals surface area contributed by atoms with Crippen LogP contribution < -0.4 is 5.32 Å². The Hall–Kier alpha value is -1.03. The van der Waals surface area contributed by atoms with E-state index in [9.17, 15) is 4.39 Å². The number of hydrogen-bond acceptors (Lipinski definition) is 3. The van der Waals surface area contributed by atoms with Crippen LogP contribution in [0.5, 0.6) is 0 Å². The number of halogens is 1. The smallest absolute Gasteiger partial charge is 0.156 e. The van der Waals surface area contributed by atoms with Crippen LogP contribution in [0.15, 0.2) is 29.3 Å². The number of benzene rings is 1. The zero-order valence-electron chi connectivity index (χ0n) is 12.4. The van der Waals surface area contributed by atoms with E-state index < -0.39 is 0 Å². The second-order valence-corrected chi connectivity index (χ2v) is 7.20. The van der Waals surface area contributed by atoms with Gasteiger partial charge in [0.1, 0.15) is 5.82 Å². The van der Waals surface area contributed by atoms with Crippen LogP contribution in [0.3, 0.4) is 0 Å². The van der Waals surface area contributed by atoms with Gasteiger partial charge in [-0.15, -0.1) is 0 Å². The Labute approximate surface area is 130 Å². The Morgan fingerprint density at radius 3 is 2.71 bits per heavy atom.